The molecule has 0 radical (unpaired) electrons. The minimum atomic E-state index is -4.63. The van der Waals surface area contributed by atoms with Crippen molar-refractivity contribution in [1.82, 2.24) is 0 Å². The molecule has 174 valence electrons. The molecule has 0 saturated carbocycles. The zero-order valence-corrected chi connectivity index (χ0v) is 18.4. The second-order valence-electron chi connectivity index (χ2n) is 8.71. The predicted octanol–water partition coefficient (Wildman–Crippen LogP) is 4.79. The molecule has 2 aromatic rings. The van der Waals surface area contributed by atoms with Gasteiger partial charge in [-0.2, -0.15) is 18.4 Å². The van der Waals surface area contributed by atoms with Crippen LogP contribution in [0.2, 0.25) is 0 Å². The Bertz CT molecular complexity index is 1080. The summed E-state index contributed by atoms with van der Waals surface area (Å²) in [6, 6.07) is 11.3. The monoisotopic (exact) mass is 457 g/mol. The lowest BCUT2D eigenvalue weighted by Crippen LogP contribution is -2.31. The fraction of sp³-hybridized carbons (Fsp3) is 0.440. The molecule has 2 aliphatic rings. The van der Waals surface area contributed by atoms with E-state index < -0.39 is 23.2 Å². The van der Waals surface area contributed by atoms with Gasteiger partial charge in [0.2, 0.25) is 5.91 Å². The van der Waals surface area contributed by atoms with E-state index in [9.17, 15) is 18.0 Å². The van der Waals surface area contributed by atoms with Crippen LogP contribution in [0.1, 0.15) is 35.1 Å². The summed E-state index contributed by atoms with van der Waals surface area (Å²) in [5.41, 5.74) is 2.23. The van der Waals surface area contributed by atoms with Crippen LogP contribution in [-0.2, 0) is 28.5 Å². The molecule has 1 aliphatic carbocycles. The number of nitrogens with zero attached hydrogens (tertiary/aromatic N) is 2. The van der Waals surface area contributed by atoms with Gasteiger partial charge < -0.3 is 15.0 Å². The first kappa shape index (κ1) is 23.1. The largest absolute Gasteiger partial charge is 0.417 e. The number of ether oxygens (including phenoxy) is 1. The summed E-state index contributed by atoms with van der Waals surface area (Å²) >= 11 is 0. The van der Waals surface area contributed by atoms with E-state index in [0.29, 0.717) is 18.8 Å². The average molecular weight is 457 g/mol. The maximum atomic E-state index is 13.4. The number of carbonyl (C=O) groups excluding carboxylic acids is 1. The number of halogens is 3. The molecule has 1 saturated heterocycles. The summed E-state index contributed by atoms with van der Waals surface area (Å²) in [4.78, 5) is 15.0. The highest BCUT2D eigenvalue weighted by Crippen LogP contribution is 2.37. The maximum Gasteiger partial charge on any atom is 0.417 e. The van der Waals surface area contributed by atoms with Gasteiger partial charge in [-0.15, -0.1) is 0 Å². The van der Waals surface area contributed by atoms with Gasteiger partial charge in [-0.1, -0.05) is 12.1 Å². The second kappa shape index (κ2) is 9.44. The molecule has 8 heteroatoms. The highest BCUT2D eigenvalue weighted by molar-refractivity contribution is 5.94. The van der Waals surface area contributed by atoms with E-state index in [2.05, 4.69) is 11.4 Å². The molecule has 0 aromatic heterocycles. The number of methoxy groups -OCH3 is 1. The molecule has 1 N–H and O–H groups in total. The Labute approximate surface area is 191 Å². The Morgan fingerprint density at radius 1 is 1.21 bits per heavy atom. The van der Waals surface area contributed by atoms with Crippen molar-refractivity contribution >= 4 is 17.3 Å². The second-order valence-corrected chi connectivity index (χ2v) is 8.71. The number of rotatable bonds is 5. The van der Waals surface area contributed by atoms with Gasteiger partial charge in [-0.05, 0) is 61.1 Å². The summed E-state index contributed by atoms with van der Waals surface area (Å²) in [5.74, 6) is -0.753. The van der Waals surface area contributed by atoms with Crippen molar-refractivity contribution < 1.29 is 22.7 Å². The molecule has 2 aromatic carbocycles. The Morgan fingerprint density at radius 2 is 2.00 bits per heavy atom. The fourth-order valence-electron chi connectivity index (χ4n) is 4.95. The SMILES string of the molecule is COC[C@H]1CN(c2ccc(C#N)c(C(F)(F)F)c2)C[C@@H]1C(=O)Nc1cccc2c1CCCC2. The molecule has 4 rings (SSSR count). The molecule has 1 fully saturated rings. The van der Waals surface area contributed by atoms with Gasteiger partial charge in [0.1, 0.15) is 0 Å². The average Bonchev–Trinajstić information content (AvgIpc) is 3.22. The number of fused-ring (bicyclic) bond motifs is 1. The number of amides is 1. The van der Waals surface area contributed by atoms with Crippen LogP contribution in [0, 0.1) is 23.2 Å². The first-order valence-electron chi connectivity index (χ1n) is 11.1. The molecule has 1 amide bonds. The topological polar surface area (TPSA) is 65.4 Å². The van der Waals surface area contributed by atoms with Crippen LogP contribution in [0.25, 0.3) is 0 Å². The highest BCUT2D eigenvalue weighted by Gasteiger charge is 2.39. The van der Waals surface area contributed by atoms with Gasteiger partial charge in [0.15, 0.2) is 0 Å². The van der Waals surface area contributed by atoms with Gasteiger partial charge >= 0.3 is 6.18 Å². The van der Waals surface area contributed by atoms with Crippen molar-refractivity contribution in [3.8, 4) is 6.07 Å². The maximum absolute atomic E-state index is 13.4. The van der Waals surface area contributed by atoms with E-state index in [1.807, 2.05) is 12.1 Å². The number of anilines is 2. The van der Waals surface area contributed by atoms with Crippen molar-refractivity contribution in [2.24, 2.45) is 11.8 Å². The molecular formula is C25H26F3N3O2. The van der Waals surface area contributed by atoms with E-state index in [-0.39, 0.29) is 18.4 Å². The first-order chi connectivity index (χ1) is 15.8. The van der Waals surface area contributed by atoms with Crippen LogP contribution in [0.5, 0.6) is 0 Å². The Balaban J connectivity index is 1.57. The van der Waals surface area contributed by atoms with Crippen LogP contribution < -0.4 is 10.2 Å². The highest BCUT2D eigenvalue weighted by atomic mass is 19.4. The van der Waals surface area contributed by atoms with E-state index in [1.165, 1.54) is 23.3 Å². The Kier molecular flexibility index (Phi) is 6.61. The van der Waals surface area contributed by atoms with Crippen molar-refractivity contribution in [2.75, 3.05) is 37.0 Å². The zero-order valence-electron chi connectivity index (χ0n) is 18.4. The quantitative estimate of drug-likeness (QED) is 0.701. The van der Waals surface area contributed by atoms with Crippen LogP contribution in [0.3, 0.4) is 0 Å². The number of nitrogens with one attached hydrogen (secondary N) is 1. The van der Waals surface area contributed by atoms with E-state index in [4.69, 9.17) is 10.00 Å². The third kappa shape index (κ3) is 4.83. The number of nitriles is 1. The molecule has 5 nitrogen and oxygen atoms in total. The molecule has 0 unspecified atom stereocenters. The van der Waals surface area contributed by atoms with Gasteiger partial charge in [-0.25, -0.2) is 0 Å². The Morgan fingerprint density at radius 3 is 2.73 bits per heavy atom. The van der Waals surface area contributed by atoms with Crippen molar-refractivity contribution in [3.05, 3.63) is 58.7 Å². The van der Waals surface area contributed by atoms with E-state index in [1.54, 1.807) is 18.1 Å². The number of hydrogen-bond donors (Lipinski definition) is 1. The number of benzene rings is 2. The molecule has 33 heavy (non-hydrogen) atoms. The number of carbonyl (C=O) groups is 1. The number of aryl methyl sites for hydroxylation is 1. The van der Waals surface area contributed by atoms with Crippen molar-refractivity contribution in [3.63, 3.8) is 0 Å². The number of alkyl halides is 3. The smallest absolute Gasteiger partial charge is 0.384 e. The van der Waals surface area contributed by atoms with E-state index in [0.717, 1.165) is 37.4 Å². The summed E-state index contributed by atoms with van der Waals surface area (Å²) in [6.07, 6.45) is -0.472. The molecular weight excluding hydrogens is 431 g/mol. The van der Waals surface area contributed by atoms with Gasteiger partial charge in [0.05, 0.1) is 29.7 Å². The first-order valence-corrected chi connectivity index (χ1v) is 11.1. The van der Waals surface area contributed by atoms with Gasteiger partial charge in [0, 0.05) is 37.5 Å². The summed E-state index contributed by atoms with van der Waals surface area (Å²) in [6.45, 7) is 0.990. The third-order valence-corrected chi connectivity index (χ3v) is 6.61. The lowest BCUT2D eigenvalue weighted by Gasteiger charge is -2.22. The third-order valence-electron chi connectivity index (χ3n) is 6.61. The minimum absolute atomic E-state index is 0.150. The fourth-order valence-corrected chi connectivity index (χ4v) is 4.95. The molecule has 0 bridgehead atoms. The molecule has 1 aliphatic heterocycles. The Hall–Kier alpha value is -3.05. The van der Waals surface area contributed by atoms with Crippen LogP contribution >= 0.6 is 0 Å². The zero-order chi connectivity index (χ0) is 23.6. The van der Waals surface area contributed by atoms with Gasteiger partial charge in [-0.3, -0.25) is 4.79 Å². The molecule has 0 spiro atoms. The van der Waals surface area contributed by atoms with Crippen molar-refractivity contribution in [2.45, 2.75) is 31.9 Å². The minimum Gasteiger partial charge on any atom is -0.384 e. The van der Waals surface area contributed by atoms with Crippen LogP contribution in [0.15, 0.2) is 36.4 Å². The van der Waals surface area contributed by atoms with Gasteiger partial charge in [0.25, 0.3) is 0 Å². The lowest BCUT2D eigenvalue weighted by molar-refractivity contribution is -0.137. The lowest BCUT2D eigenvalue weighted by atomic mass is 9.90. The predicted molar refractivity (Wildman–Crippen MR) is 119 cm³/mol. The van der Waals surface area contributed by atoms with Crippen LogP contribution in [-0.4, -0.2) is 32.7 Å². The van der Waals surface area contributed by atoms with E-state index >= 15 is 0 Å². The molecule has 1 heterocycles. The standard InChI is InChI=1S/C25H26F3N3O2/c1-33-15-18-13-31(19-10-9-17(12-29)22(11-19)25(26,27)28)14-21(18)24(32)30-23-8-4-6-16-5-2-3-7-20(16)23/h4,6,8-11,18,21H,2-3,5,7,13-15H2,1H3,(H,30,32)/t18-,21+/m1/s1. The summed E-state index contributed by atoms with van der Waals surface area (Å²) in [5, 5.41) is 12.1. The van der Waals surface area contributed by atoms with Crippen LogP contribution in [0.4, 0.5) is 24.5 Å². The summed E-state index contributed by atoms with van der Waals surface area (Å²) in [7, 11) is 1.55. The summed E-state index contributed by atoms with van der Waals surface area (Å²) < 4.78 is 45.6. The molecule has 2 atom stereocenters. The van der Waals surface area contributed by atoms with Crippen molar-refractivity contribution in [1.29, 1.82) is 5.26 Å². The normalized spacial score (nSPS) is 20.3. The number of hydrogen-bond acceptors (Lipinski definition) is 4.